The molecule has 0 saturated carbocycles. The normalized spacial score (nSPS) is 20.4. The Labute approximate surface area is 437 Å². The fraction of sp³-hybridized carbons (Fsp3) is 0.654. The maximum absolute atomic E-state index is 12.9. The summed E-state index contributed by atoms with van der Waals surface area (Å²) >= 11 is 0. The van der Waals surface area contributed by atoms with Crippen LogP contribution >= 0.6 is 15.6 Å². The molecular weight excluding hydrogens is 1000 g/mol. The number of unbranched alkanes of at least 4 members (excludes halogenated alkanes) is 11. The van der Waals surface area contributed by atoms with Crippen LogP contribution in [0.5, 0.6) is 0 Å². The van der Waals surface area contributed by atoms with Crippen LogP contribution in [0.4, 0.5) is 5.82 Å². The molecule has 9 atom stereocenters. The lowest BCUT2D eigenvalue weighted by Gasteiger charge is -2.21. The minimum Gasteiger partial charge on any atom is -0.462 e. The second kappa shape index (κ2) is 38.6. The zero-order chi connectivity index (χ0) is 54.6. The number of nitrogens with two attached hydrogens (primary N) is 1. The lowest BCUT2D eigenvalue weighted by atomic mass is 10.0. The van der Waals surface area contributed by atoms with E-state index >= 15 is 0 Å². The Balaban J connectivity index is 1.85. The van der Waals surface area contributed by atoms with Crippen molar-refractivity contribution in [2.24, 2.45) is 5.92 Å². The third-order valence-corrected chi connectivity index (χ3v) is 14.0. The summed E-state index contributed by atoms with van der Waals surface area (Å²) in [5.74, 6) is -0.717. The molecule has 22 heteroatoms. The van der Waals surface area contributed by atoms with Gasteiger partial charge in [-0.15, -0.1) is 0 Å². The first-order chi connectivity index (χ1) is 35.3. The Morgan fingerprint density at radius 3 is 1.92 bits per heavy atom. The third-order valence-electron chi connectivity index (χ3n) is 11.4. The van der Waals surface area contributed by atoms with Gasteiger partial charge in [0.1, 0.15) is 30.7 Å². The Morgan fingerprint density at radius 2 is 1.32 bits per heavy atom. The van der Waals surface area contributed by atoms with Crippen LogP contribution in [0.25, 0.3) is 0 Å². The molecule has 20 nitrogen and oxygen atoms in total. The number of rotatable bonds is 41. The van der Waals surface area contributed by atoms with Crippen molar-refractivity contribution < 1.29 is 76.5 Å². The Hall–Kier alpha value is -3.88. The molecule has 1 fully saturated rings. The molecule has 0 spiro atoms. The van der Waals surface area contributed by atoms with Crippen LogP contribution < -0.4 is 11.4 Å². The number of aliphatic hydroxyl groups is 4. The maximum atomic E-state index is 12.9. The SMILES string of the molecule is CC/C=C\C[C@@H](O)/C=C/C=C\C=C\[C@@H](O)C/C=C\C/C=C\CCC(=O)OC[C@H](COP(=O)(O)OP(=O)(O)OC[C@H]1O[C@@H](n2ccc(N)nc2=O)[C@H](O)[C@@H]1O)OC(=O)CCCCCCCCCCCCCCC(C)C. The molecule has 8 N–H and O–H groups in total. The van der Waals surface area contributed by atoms with Gasteiger partial charge in [0, 0.05) is 19.0 Å². The van der Waals surface area contributed by atoms with E-state index in [0.717, 1.165) is 48.8 Å². The summed E-state index contributed by atoms with van der Waals surface area (Å²) in [4.78, 5) is 61.9. The van der Waals surface area contributed by atoms with E-state index in [-0.39, 0.29) is 18.7 Å². The molecule has 74 heavy (non-hydrogen) atoms. The molecule has 2 rings (SSSR count). The van der Waals surface area contributed by atoms with E-state index < -0.39 is 95.9 Å². The highest BCUT2D eigenvalue weighted by Crippen LogP contribution is 2.60. The van der Waals surface area contributed by atoms with Gasteiger partial charge in [-0.25, -0.2) is 13.9 Å². The number of ether oxygens (including phenoxy) is 3. The van der Waals surface area contributed by atoms with Gasteiger partial charge in [-0.1, -0.05) is 171 Å². The van der Waals surface area contributed by atoms with E-state index in [9.17, 15) is 53.7 Å². The first kappa shape index (κ1) is 66.2. The van der Waals surface area contributed by atoms with Gasteiger partial charge in [0.05, 0.1) is 25.4 Å². The Bertz CT molecular complexity index is 2080. The van der Waals surface area contributed by atoms with Crippen LogP contribution in [0.3, 0.4) is 0 Å². The standard InChI is InChI=1S/C52H85N3O17P2/c1-4-5-22-30-42(56)32-25-20-21-26-33-43(57)31-24-17-14-15-18-27-34-47(58)67-38-44(70-48(59)35-28-19-13-11-9-7-6-8-10-12-16-23-29-41(2)3)39-68-73(63,64)72-74(65,66)69-40-45-49(60)50(61)51(71-45)55-37-36-46(53)54-52(55)62/h5,15,17-18,20-22,24-26,32-33,36-37,41-45,49-51,56-57,60-61H,4,6-14,16,19,23,27-31,34-35,38-40H2,1-3H3,(H,63,64)(H,65,66)(H2,53,54,62)/b18-15-,21-20-,22-5-,24-17-,32-25+,33-26+/t42-,43+,44-,45-,49-,50-,51-/m1/s1. The number of aliphatic hydroxyl groups excluding tert-OH is 4. The molecule has 1 aliphatic rings. The van der Waals surface area contributed by atoms with Crippen molar-refractivity contribution in [2.75, 3.05) is 25.6 Å². The number of aromatic nitrogens is 2. The molecule has 1 aliphatic heterocycles. The van der Waals surface area contributed by atoms with Crippen molar-refractivity contribution in [3.63, 3.8) is 0 Å². The first-order valence-electron chi connectivity index (χ1n) is 26.0. The van der Waals surface area contributed by atoms with Crippen molar-refractivity contribution >= 4 is 33.4 Å². The van der Waals surface area contributed by atoms with Crippen molar-refractivity contribution in [3.05, 3.63) is 95.7 Å². The van der Waals surface area contributed by atoms with Crippen LogP contribution in [0.15, 0.2) is 90.0 Å². The lowest BCUT2D eigenvalue weighted by Crippen LogP contribution is -2.36. The van der Waals surface area contributed by atoms with Crippen LogP contribution in [0.1, 0.15) is 155 Å². The topological polar surface area (TPSA) is 306 Å². The van der Waals surface area contributed by atoms with Crippen molar-refractivity contribution in [2.45, 2.75) is 192 Å². The number of esters is 2. The third kappa shape index (κ3) is 31.9. The van der Waals surface area contributed by atoms with E-state index in [2.05, 4.69) is 23.1 Å². The van der Waals surface area contributed by atoms with Gasteiger partial charge in [0.2, 0.25) is 0 Å². The van der Waals surface area contributed by atoms with E-state index in [4.69, 9.17) is 29.0 Å². The predicted molar refractivity (Wildman–Crippen MR) is 282 cm³/mol. The van der Waals surface area contributed by atoms with Gasteiger partial charge in [0.15, 0.2) is 12.3 Å². The number of phosphoric ester groups is 2. The van der Waals surface area contributed by atoms with Gasteiger partial charge in [0.25, 0.3) is 0 Å². The zero-order valence-corrected chi connectivity index (χ0v) is 45.3. The molecule has 0 aliphatic carbocycles. The summed E-state index contributed by atoms with van der Waals surface area (Å²) in [5.41, 5.74) is 4.57. The molecule has 0 amide bonds. The monoisotopic (exact) mass is 1090 g/mol. The number of anilines is 1. The molecule has 1 aromatic heterocycles. The highest BCUT2D eigenvalue weighted by atomic mass is 31.3. The fourth-order valence-corrected chi connectivity index (χ4v) is 9.46. The lowest BCUT2D eigenvalue weighted by molar-refractivity contribution is -0.161. The molecule has 0 aromatic carbocycles. The largest absolute Gasteiger partial charge is 0.481 e. The average Bonchev–Trinajstić information content (AvgIpc) is 3.62. The van der Waals surface area contributed by atoms with Crippen LogP contribution in [-0.4, -0.2) is 108 Å². The smallest absolute Gasteiger partial charge is 0.462 e. The molecule has 420 valence electrons. The number of phosphoric acid groups is 2. The van der Waals surface area contributed by atoms with Crippen LogP contribution in [-0.2, 0) is 46.3 Å². The van der Waals surface area contributed by atoms with Crippen molar-refractivity contribution in [3.8, 4) is 0 Å². The molecular formula is C52H85N3O17P2. The highest BCUT2D eigenvalue weighted by molar-refractivity contribution is 7.61. The molecule has 2 heterocycles. The van der Waals surface area contributed by atoms with Gasteiger partial charge >= 0.3 is 33.3 Å². The Kier molecular flexibility index (Phi) is 34.6. The van der Waals surface area contributed by atoms with Gasteiger partial charge in [-0.3, -0.25) is 23.2 Å². The molecule has 1 aromatic rings. The minimum atomic E-state index is -5.46. The summed E-state index contributed by atoms with van der Waals surface area (Å²) in [7, 11) is -10.9. The number of nitrogens with zero attached hydrogens (tertiary/aromatic N) is 2. The summed E-state index contributed by atoms with van der Waals surface area (Å²) < 4.78 is 56.7. The predicted octanol–water partition coefficient (Wildman–Crippen LogP) is 8.69. The van der Waals surface area contributed by atoms with Gasteiger partial charge < -0.3 is 50.2 Å². The number of hydrogen-bond donors (Lipinski definition) is 7. The Morgan fingerprint density at radius 1 is 0.757 bits per heavy atom. The molecule has 0 bridgehead atoms. The maximum Gasteiger partial charge on any atom is 0.481 e. The molecule has 0 radical (unpaired) electrons. The summed E-state index contributed by atoms with van der Waals surface area (Å²) in [6.07, 6.45) is 30.6. The van der Waals surface area contributed by atoms with Crippen LogP contribution in [0, 0.1) is 5.92 Å². The van der Waals surface area contributed by atoms with Crippen molar-refractivity contribution in [1.29, 1.82) is 0 Å². The highest BCUT2D eigenvalue weighted by Gasteiger charge is 2.46. The van der Waals surface area contributed by atoms with E-state index in [0.29, 0.717) is 32.1 Å². The number of allylic oxidation sites excluding steroid dienone is 8. The van der Waals surface area contributed by atoms with Gasteiger partial charge in [-0.2, -0.15) is 9.29 Å². The average molecular weight is 1090 g/mol. The molecule has 2 unspecified atom stereocenters. The minimum absolute atomic E-state index is 0.0106. The van der Waals surface area contributed by atoms with Gasteiger partial charge in [-0.05, 0) is 50.5 Å². The summed E-state index contributed by atoms with van der Waals surface area (Å²) in [6.45, 7) is 4.09. The zero-order valence-electron chi connectivity index (χ0n) is 43.5. The number of carbonyl (C=O) groups excluding carboxylic acids is 2. The second-order valence-electron chi connectivity index (χ2n) is 18.5. The van der Waals surface area contributed by atoms with E-state index in [1.165, 1.54) is 57.4 Å². The summed E-state index contributed by atoms with van der Waals surface area (Å²) in [5, 5.41) is 41.0. The van der Waals surface area contributed by atoms with E-state index in [1.54, 1.807) is 42.5 Å². The number of carbonyl (C=O) groups is 2. The van der Waals surface area contributed by atoms with E-state index in [1.807, 2.05) is 37.3 Å². The fourth-order valence-electron chi connectivity index (χ4n) is 7.35. The summed E-state index contributed by atoms with van der Waals surface area (Å²) in [6, 6.07) is 1.24. The first-order valence-corrected chi connectivity index (χ1v) is 29.0. The quantitative estimate of drug-likeness (QED) is 0.0106. The number of hydrogen-bond acceptors (Lipinski definition) is 17. The van der Waals surface area contributed by atoms with Crippen LogP contribution in [0.2, 0.25) is 0 Å². The molecule has 1 saturated heterocycles. The number of nitrogen functional groups attached to an aromatic ring is 1. The van der Waals surface area contributed by atoms with Crippen molar-refractivity contribution in [1.82, 2.24) is 9.55 Å². The second-order valence-corrected chi connectivity index (χ2v) is 21.6.